The van der Waals surface area contributed by atoms with Gasteiger partial charge in [-0.1, -0.05) is 0 Å². The normalized spacial score (nSPS) is 19.5. The minimum Gasteiger partial charge on any atom is -0.486 e. The fraction of sp³-hybridized carbons (Fsp3) is 0.421. The van der Waals surface area contributed by atoms with Crippen LogP contribution in [-0.2, 0) is 21.4 Å². The number of ether oxygens (including phenoxy) is 2. The number of benzene rings is 1. The van der Waals surface area contributed by atoms with Crippen LogP contribution in [0.4, 0.5) is 0 Å². The molecule has 0 N–H and O–H groups in total. The van der Waals surface area contributed by atoms with Crippen molar-refractivity contribution in [3.8, 4) is 11.5 Å². The van der Waals surface area contributed by atoms with E-state index < -0.39 is 16.1 Å². The highest BCUT2D eigenvalue weighted by Gasteiger charge is 2.41. The van der Waals surface area contributed by atoms with E-state index in [9.17, 15) is 13.2 Å². The third-order valence-electron chi connectivity index (χ3n) is 4.96. The van der Waals surface area contributed by atoms with Gasteiger partial charge in [-0.3, -0.25) is 4.79 Å². The van der Waals surface area contributed by atoms with Crippen molar-refractivity contribution in [2.24, 2.45) is 0 Å². The lowest BCUT2D eigenvalue weighted by molar-refractivity contribution is -0.134. The molecule has 9 heteroatoms. The third-order valence-corrected chi connectivity index (χ3v) is 6.86. The van der Waals surface area contributed by atoms with Crippen molar-refractivity contribution in [3.05, 3.63) is 42.4 Å². The molecule has 28 heavy (non-hydrogen) atoms. The standard InChI is InChI=1S/C19H22N2O6S/c1-20(13-14-4-3-9-25-14)19(22)16-5-2-8-21(16)28(23,24)15-6-7-17-18(12-15)27-11-10-26-17/h3-4,6-7,9,12,16H,2,5,8,10-11,13H2,1H3. The fourth-order valence-electron chi connectivity index (χ4n) is 3.56. The third kappa shape index (κ3) is 3.47. The Morgan fingerprint density at radius 1 is 1.21 bits per heavy atom. The molecule has 0 bridgehead atoms. The highest BCUT2D eigenvalue weighted by Crippen LogP contribution is 2.35. The van der Waals surface area contributed by atoms with Crippen LogP contribution in [0, 0.1) is 0 Å². The van der Waals surface area contributed by atoms with E-state index in [1.807, 2.05) is 0 Å². The van der Waals surface area contributed by atoms with Crippen LogP contribution in [0.1, 0.15) is 18.6 Å². The number of amides is 1. The van der Waals surface area contributed by atoms with E-state index in [0.717, 1.165) is 0 Å². The Kier molecular flexibility index (Phi) is 5.03. The van der Waals surface area contributed by atoms with E-state index in [4.69, 9.17) is 13.9 Å². The molecule has 1 saturated heterocycles. The minimum atomic E-state index is -3.84. The molecule has 0 aliphatic carbocycles. The van der Waals surface area contributed by atoms with Crippen LogP contribution >= 0.6 is 0 Å². The van der Waals surface area contributed by atoms with Crippen molar-refractivity contribution in [1.29, 1.82) is 0 Å². The smallest absolute Gasteiger partial charge is 0.243 e. The van der Waals surface area contributed by atoms with Gasteiger partial charge in [-0.15, -0.1) is 0 Å². The van der Waals surface area contributed by atoms with E-state index in [0.29, 0.717) is 56.4 Å². The summed E-state index contributed by atoms with van der Waals surface area (Å²) in [7, 11) is -2.18. The van der Waals surface area contributed by atoms with Gasteiger partial charge in [0.2, 0.25) is 15.9 Å². The van der Waals surface area contributed by atoms with Crippen LogP contribution in [0.25, 0.3) is 0 Å². The number of carbonyl (C=O) groups excluding carboxylic acids is 1. The average molecular weight is 406 g/mol. The maximum absolute atomic E-state index is 13.2. The molecule has 150 valence electrons. The van der Waals surface area contributed by atoms with Crippen LogP contribution in [0.3, 0.4) is 0 Å². The predicted octanol–water partition coefficient (Wildman–Crippen LogP) is 1.86. The maximum atomic E-state index is 13.2. The van der Waals surface area contributed by atoms with Crippen LogP contribution < -0.4 is 9.47 Å². The zero-order chi connectivity index (χ0) is 19.7. The van der Waals surface area contributed by atoms with Gasteiger partial charge in [-0.25, -0.2) is 8.42 Å². The monoisotopic (exact) mass is 406 g/mol. The number of furan rings is 1. The van der Waals surface area contributed by atoms with Gasteiger partial charge in [-0.2, -0.15) is 4.31 Å². The van der Waals surface area contributed by atoms with Gasteiger partial charge < -0.3 is 18.8 Å². The molecule has 4 rings (SSSR count). The molecule has 2 aromatic rings. The van der Waals surface area contributed by atoms with Gasteiger partial charge in [0.05, 0.1) is 17.7 Å². The SMILES string of the molecule is CN(Cc1ccco1)C(=O)C1CCCN1S(=O)(=O)c1ccc2c(c1)OCCO2. The summed E-state index contributed by atoms with van der Waals surface area (Å²) in [6.07, 6.45) is 2.67. The molecule has 0 spiro atoms. The summed E-state index contributed by atoms with van der Waals surface area (Å²) in [6.45, 7) is 1.41. The minimum absolute atomic E-state index is 0.102. The van der Waals surface area contributed by atoms with Crippen LogP contribution in [0.15, 0.2) is 45.9 Å². The highest BCUT2D eigenvalue weighted by atomic mass is 32.2. The zero-order valence-corrected chi connectivity index (χ0v) is 16.4. The Labute approximate surface area is 163 Å². The molecule has 8 nitrogen and oxygen atoms in total. The molecular weight excluding hydrogens is 384 g/mol. The first-order valence-electron chi connectivity index (χ1n) is 9.15. The number of likely N-dealkylation sites (N-methyl/N-ethyl adjacent to an activating group) is 1. The summed E-state index contributed by atoms with van der Waals surface area (Å²) >= 11 is 0. The molecule has 2 aliphatic rings. The maximum Gasteiger partial charge on any atom is 0.243 e. The number of nitrogens with zero attached hydrogens (tertiary/aromatic N) is 2. The fourth-order valence-corrected chi connectivity index (χ4v) is 5.23. The summed E-state index contributed by atoms with van der Waals surface area (Å²) in [5.74, 6) is 1.34. The zero-order valence-electron chi connectivity index (χ0n) is 15.5. The van der Waals surface area contributed by atoms with E-state index in [-0.39, 0.29) is 10.8 Å². The molecule has 1 atom stereocenters. The lowest BCUT2D eigenvalue weighted by atomic mass is 10.2. The first kappa shape index (κ1) is 18.8. The largest absolute Gasteiger partial charge is 0.486 e. The number of hydrogen-bond acceptors (Lipinski definition) is 6. The molecule has 3 heterocycles. The lowest BCUT2D eigenvalue weighted by Crippen LogP contribution is -2.46. The summed E-state index contributed by atoms with van der Waals surface area (Å²) in [5, 5.41) is 0. The van der Waals surface area contributed by atoms with Gasteiger partial charge in [0, 0.05) is 19.7 Å². The van der Waals surface area contributed by atoms with Crippen molar-refractivity contribution in [1.82, 2.24) is 9.21 Å². The first-order chi connectivity index (χ1) is 13.5. The second-order valence-corrected chi connectivity index (χ2v) is 8.74. The summed E-state index contributed by atoms with van der Waals surface area (Å²) in [6, 6.07) is 7.37. The van der Waals surface area contributed by atoms with E-state index in [1.165, 1.54) is 21.3 Å². The van der Waals surface area contributed by atoms with Gasteiger partial charge in [0.1, 0.15) is 25.0 Å². The summed E-state index contributed by atoms with van der Waals surface area (Å²) < 4.78 is 44.0. The van der Waals surface area contributed by atoms with Gasteiger partial charge in [-0.05, 0) is 37.1 Å². The first-order valence-corrected chi connectivity index (χ1v) is 10.6. The number of fused-ring (bicyclic) bond motifs is 1. The number of rotatable bonds is 5. The van der Waals surface area contributed by atoms with Crippen LogP contribution in [0.2, 0.25) is 0 Å². The van der Waals surface area contributed by atoms with Crippen molar-refractivity contribution in [2.75, 3.05) is 26.8 Å². The number of hydrogen-bond donors (Lipinski definition) is 0. The molecule has 2 aliphatic heterocycles. The average Bonchev–Trinajstić information content (AvgIpc) is 3.39. The van der Waals surface area contributed by atoms with Crippen molar-refractivity contribution < 1.29 is 27.1 Å². The molecule has 1 aromatic heterocycles. The topological polar surface area (TPSA) is 89.3 Å². The Bertz CT molecular complexity index is 957. The number of sulfonamides is 1. The van der Waals surface area contributed by atoms with E-state index >= 15 is 0 Å². The Hall–Kier alpha value is -2.52. The molecule has 1 aromatic carbocycles. The second kappa shape index (κ2) is 7.48. The quantitative estimate of drug-likeness (QED) is 0.753. The van der Waals surface area contributed by atoms with Gasteiger partial charge >= 0.3 is 0 Å². The van der Waals surface area contributed by atoms with Gasteiger partial charge in [0.25, 0.3) is 0 Å². The molecule has 1 unspecified atom stereocenters. The summed E-state index contributed by atoms with van der Waals surface area (Å²) in [5.41, 5.74) is 0. The molecule has 1 fully saturated rings. The van der Waals surface area contributed by atoms with Crippen molar-refractivity contribution in [3.63, 3.8) is 0 Å². The van der Waals surface area contributed by atoms with E-state index in [2.05, 4.69) is 0 Å². The molecule has 0 saturated carbocycles. The second-order valence-electron chi connectivity index (χ2n) is 6.85. The van der Waals surface area contributed by atoms with Crippen LogP contribution in [0.5, 0.6) is 11.5 Å². The molecule has 0 radical (unpaired) electrons. The van der Waals surface area contributed by atoms with Gasteiger partial charge in [0.15, 0.2) is 11.5 Å². The van der Waals surface area contributed by atoms with Crippen molar-refractivity contribution >= 4 is 15.9 Å². The molecular formula is C19H22N2O6S. The number of carbonyl (C=O) groups is 1. The lowest BCUT2D eigenvalue weighted by Gasteiger charge is -2.27. The highest BCUT2D eigenvalue weighted by molar-refractivity contribution is 7.89. The van der Waals surface area contributed by atoms with Crippen molar-refractivity contribution in [2.45, 2.75) is 30.3 Å². The Balaban J connectivity index is 1.55. The summed E-state index contributed by atoms with van der Waals surface area (Å²) in [4.78, 5) is 14.5. The predicted molar refractivity (Wildman–Crippen MR) is 99.5 cm³/mol. The molecule has 1 amide bonds. The Morgan fingerprint density at radius 2 is 2.00 bits per heavy atom. The van der Waals surface area contributed by atoms with Crippen LogP contribution in [-0.4, -0.2) is 56.4 Å². The Morgan fingerprint density at radius 3 is 2.75 bits per heavy atom. The van der Waals surface area contributed by atoms with E-state index in [1.54, 1.807) is 31.5 Å².